The molecule has 1 aliphatic rings. The maximum atomic E-state index is 14.0. The molecular weight excluding hydrogens is 628 g/mol. The van der Waals surface area contributed by atoms with Crippen molar-refractivity contribution < 1.29 is 28.9 Å². The fourth-order valence-corrected chi connectivity index (χ4v) is 6.96. The number of rotatable bonds is 10. The van der Waals surface area contributed by atoms with Gasteiger partial charge in [0.05, 0.1) is 40.7 Å². The Bertz CT molecular complexity index is 2210. The van der Waals surface area contributed by atoms with Crippen LogP contribution in [0.2, 0.25) is 0 Å². The van der Waals surface area contributed by atoms with Gasteiger partial charge in [0.15, 0.2) is 22.4 Å². The predicted molar refractivity (Wildman–Crippen MR) is 184 cm³/mol. The third-order valence-electron chi connectivity index (χ3n) is 8.06. The summed E-state index contributed by atoms with van der Waals surface area (Å²) < 4.78 is 20.3. The van der Waals surface area contributed by atoms with E-state index in [0.29, 0.717) is 70.3 Å². The molecule has 0 radical (unpaired) electrons. The fourth-order valence-electron chi connectivity index (χ4n) is 5.94. The van der Waals surface area contributed by atoms with Crippen LogP contribution in [0.4, 0.5) is 5.13 Å². The number of hydrogen-bond acceptors (Lipinski definition) is 9. The van der Waals surface area contributed by atoms with Crippen LogP contribution in [0.15, 0.2) is 96.7 Å². The highest BCUT2D eigenvalue weighted by atomic mass is 32.1. The van der Waals surface area contributed by atoms with Gasteiger partial charge in [-0.2, -0.15) is 0 Å². The first-order chi connectivity index (χ1) is 23.4. The number of aromatic nitrogens is 3. The molecule has 10 nitrogen and oxygen atoms in total. The lowest BCUT2D eigenvalue weighted by atomic mass is 9.96. The van der Waals surface area contributed by atoms with E-state index in [1.807, 2.05) is 68.4 Å². The number of benzene rings is 3. The van der Waals surface area contributed by atoms with E-state index in [1.165, 1.54) is 16.2 Å². The molecule has 1 fully saturated rings. The lowest BCUT2D eigenvalue weighted by Crippen LogP contribution is -2.29. The van der Waals surface area contributed by atoms with Crippen LogP contribution in [-0.4, -0.2) is 44.4 Å². The molecular formula is C37H32N4O6S. The lowest BCUT2D eigenvalue weighted by molar-refractivity contribution is -0.132. The van der Waals surface area contributed by atoms with Crippen LogP contribution in [0.25, 0.3) is 21.6 Å². The van der Waals surface area contributed by atoms with Crippen molar-refractivity contribution in [3.8, 4) is 17.2 Å². The van der Waals surface area contributed by atoms with Gasteiger partial charge in [-0.25, -0.2) is 9.97 Å². The summed E-state index contributed by atoms with van der Waals surface area (Å²) in [5.74, 6) is -0.358. The number of aliphatic hydroxyl groups is 1. The van der Waals surface area contributed by atoms with Crippen molar-refractivity contribution in [3.63, 3.8) is 0 Å². The zero-order valence-electron chi connectivity index (χ0n) is 26.5. The van der Waals surface area contributed by atoms with E-state index < -0.39 is 17.7 Å². The maximum Gasteiger partial charge on any atom is 0.301 e. The van der Waals surface area contributed by atoms with E-state index in [1.54, 1.807) is 47.9 Å². The number of ether oxygens (including phenoxy) is 3. The van der Waals surface area contributed by atoms with E-state index in [2.05, 4.69) is 4.98 Å². The Kier molecular flexibility index (Phi) is 8.28. The Balaban J connectivity index is 1.39. The minimum atomic E-state index is -1.03. The zero-order valence-corrected chi connectivity index (χ0v) is 27.4. The van der Waals surface area contributed by atoms with Crippen molar-refractivity contribution in [3.05, 3.63) is 119 Å². The largest absolute Gasteiger partial charge is 0.505 e. The Morgan fingerprint density at radius 3 is 2.46 bits per heavy atom. The molecule has 1 saturated heterocycles. The van der Waals surface area contributed by atoms with Gasteiger partial charge in [-0.3, -0.25) is 18.9 Å². The van der Waals surface area contributed by atoms with E-state index in [9.17, 15) is 14.7 Å². The summed E-state index contributed by atoms with van der Waals surface area (Å²) in [4.78, 5) is 38.7. The van der Waals surface area contributed by atoms with Crippen LogP contribution in [0.1, 0.15) is 42.4 Å². The summed E-state index contributed by atoms with van der Waals surface area (Å²) in [5, 5.41) is 12.3. The maximum absolute atomic E-state index is 14.0. The standard InChI is InChI=1S/C37H32N4O6S/c1-4-45-25-15-16-26-29(20-25)48-37(39-26)41-33(24-14-17-27(28(19-24)46-5-2)47-21-23-11-7-6-8-12-23)31(35(43)36(41)44)34(42)32-22(3)38-30-13-9-10-18-40(30)32/h6-20,33,42H,4-5,21H2,1-3H3/b34-31+. The Morgan fingerprint density at radius 1 is 0.875 bits per heavy atom. The molecule has 1 amide bonds. The van der Waals surface area contributed by atoms with Crippen molar-refractivity contribution in [2.24, 2.45) is 0 Å². The number of fused-ring (bicyclic) bond motifs is 2. The summed E-state index contributed by atoms with van der Waals surface area (Å²) >= 11 is 1.26. The number of ketones is 1. The third kappa shape index (κ3) is 5.51. The topological polar surface area (TPSA) is 115 Å². The number of aryl methyl sites for hydroxylation is 1. The first kappa shape index (κ1) is 30.9. The van der Waals surface area contributed by atoms with Gasteiger partial charge in [0.1, 0.15) is 23.7 Å². The monoisotopic (exact) mass is 660 g/mol. The molecule has 0 spiro atoms. The SMILES string of the molecule is CCOc1ccc2nc(N3C(=O)C(=O)/C(=C(/O)c4c(C)nc5ccccn45)C3c3ccc(OCc4ccccc4)c(OCC)c3)sc2c1. The number of carbonyl (C=O) groups is 2. The van der Waals surface area contributed by atoms with Gasteiger partial charge in [-0.15, -0.1) is 0 Å². The second-order valence-electron chi connectivity index (χ2n) is 11.1. The van der Waals surface area contributed by atoms with E-state index in [4.69, 9.17) is 19.2 Å². The summed E-state index contributed by atoms with van der Waals surface area (Å²) in [6.07, 6.45) is 1.75. The summed E-state index contributed by atoms with van der Waals surface area (Å²) in [5.41, 5.74) is 3.52. The molecule has 11 heteroatoms. The van der Waals surface area contributed by atoms with E-state index in [-0.39, 0.29) is 11.3 Å². The first-order valence-corrected chi connectivity index (χ1v) is 16.4. The summed E-state index contributed by atoms with van der Waals surface area (Å²) in [6.45, 7) is 6.70. The molecule has 1 aliphatic heterocycles. The molecule has 3 aromatic carbocycles. The van der Waals surface area contributed by atoms with Gasteiger partial charge < -0.3 is 19.3 Å². The molecule has 48 heavy (non-hydrogen) atoms. The minimum Gasteiger partial charge on any atom is -0.505 e. The van der Waals surface area contributed by atoms with Crippen LogP contribution in [0.5, 0.6) is 17.2 Å². The lowest BCUT2D eigenvalue weighted by Gasteiger charge is -2.24. The third-order valence-corrected chi connectivity index (χ3v) is 9.08. The van der Waals surface area contributed by atoms with Gasteiger partial charge in [0.25, 0.3) is 5.78 Å². The number of hydrogen-bond donors (Lipinski definition) is 1. The molecule has 0 saturated carbocycles. The molecule has 1 N–H and O–H groups in total. The number of nitrogens with zero attached hydrogens (tertiary/aromatic N) is 4. The number of amides is 1. The number of pyridine rings is 1. The van der Waals surface area contributed by atoms with Gasteiger partial charge in [0.2, 0.25) is 0 Å². The fraction of sp³-hybridized carbons (Fsp3) is 0.189. The summed E-state index contributed by atoms with van der Waals surface area (Å²) in [6, 6.07) is 25.0. The van der Waals surface area contributed by atoms with Crippen molar-refractivity contribution in [1.82, 2.24) is 14.4 Å². The second-order valence-corrected chi connectivity index (χ2v) is 12.1. The number of anilines is 1. The normalized spacial score (nSPS) is 15.8. The highest BCUT2D eigenvalue weighted by molar-refractivity contribution is 7.22. The smallest absolute Gasteiger partial charge is 0.301 e. The minimum absolute atomic E-state index is 0.0802. The van der Waals surface area contributed by atoms with Crippen LogP contribution in [0, 0.1) is 6.92 Å². The molecule has 0 bridgehead atoms. The van der Waals surface area contributed by atoms with Crippen molar-refractivity contribution in [2.75, 3.05) is 18.1 Å². The number of thiazole rings is 1. The first-order valence-electron chi connectivity index (χ1n) is 15.6. The molecule has 0 aliphatic carbocycles. The molecule has 7 rings (SSSR count). The van der Waals surface area contributed by atoms with Crippen molar-refractivity contribution >= 4 is 49.8 Å². The van der Waals surface area contributed by atoms with Gasteiger partial charge in [-0.05, 0) is 74.4 Å². The molecule has 6 aromatic rings. The van der Waals surface area contributed by atoms with Gasteiger partial charge in [0, 0.05) is 6.20 Å². The van der Waals surface area contributed by atoms with E-state index >= 15 is 0 Å². The Morgan fingerprint density at radius 2 is 1.67 bits per heavy atom. The van der Waals surface area contributed by atoms with Crippen molar-refractivity contribution in [2.45, 2.75) is 33.4 Å². The van der Waals surface area contributed by atoms with Gasteiger partial charge in [-0.1, -0.05) is 53.8 Å². The van der Waals surface area contributed by atoms with Gasteiger partial charge >= 0.3 is 5.91 Å². The number of carbonyl (C=O) groups excluding carboxylic acids is 2. The van der Waals surface area contributed by atoms with Crippen LogP contribution in [-0.2, 0) is 16.2 Å². The molecule has 1 atom stereocenters. The second kappa shape index (κ2) is 12.8. The number of imidazole rings is 1. The summed E-state index contributed by atoms with van der Waals surface area (Å²) in [7, 11) is 0. The zero-order chi connectivity index (χ0) is 33.4. The van der Waals surface area contributed by atoms with Crippen LogP contribution in [0.3, 0.4) is 0 Å². The predicted octanol–water partition coefficient (Wildman–Crippen LogP) is 7.26. The molecule has 1 unspecified atom stereocenters. The molecule has 3 aromatic heterocycles. The van der Waals surface area contributed by atoms with Crippen LogP contribution >= 0.6 is 11.3 Å². The number of Topliss-reactive ketones (excluding diaryl/α,β-unsaturated/α-hetero) is 1. The Hall–Kier alpha value is -5.68. The average molecular weight is 661 g/mol. The van der Waals surface area contributed by atoms with E-state index in [0.717, 1.165) is 10.3 Å². The quantitative estimate of drug-likeness (QED) is 0.0928. The highest BCUT2D eigenvalue weighted by Gasteiger charge is 2.49. The number of aliphatic hydroxyl groups excluding tert-OH is 1. The Labute approximate surface area is 280 Å². The van der Waals surface area contributed by atoms with Crippen LogP contribution < -0.4 is 19.1 Å². The molecule has 242 valence electrons. The molecule has 4 heterocycles. The van der Waals surface area contributed by atoms with Crippen molar-refractivity contribution in [1.29, 1.82) is 0 Å². The average Bonchev–Trinajstić information content (AvgIpc) is 3.74. The highest BCUT2D eigenvalue weighted by Crippen LogP contribution is 2.46.